The zero-order valence-corrected chi connectivity index (χ0v) is 25.9. The number of hydrogen-bond donors (Lipinski definition) is 3. The Labute approximate surface area is 253 Å². The van der Waals surface area contributed by atoms with Crippen LogP contribution in [0.25, 0.3) is 11.0 Å². The number of alkyl halides is 1. The summed E-state index contributed by atoms with van der Waals surface area (Å²) in [5.41, 5.74) is 4.83. The summed E-state index contributed by atoms with van der Waals surface area (Å²) in [5.74, 6) is 1.18. The summed E-state index contributed by atoms with van der Waals surface area (Å²) in [6.45, 7) is 9.01. The molecule has 5 rings (SSSR count). The van der Waals surface area contributed by atoms with E-state index in [1.807, 2.05) is 42.2 Å². The molecule has 1 amide bonds. The van der Waals surface area contributed by atoms with E-state index in [4.69, 9.17) is 9.72 Å². The molecule has 4 aromatic rings. The van der Waals surface area contributed by atoms with E-state index in [1.165, 1.54) is 19.7 Å². The van der Waals surface area contributed by atoms with E-state index >= 15 is 0 Å². The highest BCUT2D eigenvalue weighted by Crippen LogP contribution is 2.39. The van der Waals surface area contributed by atoms with Crippen LogP contribution in [0, 0.1) is 6.92 Å². The number of pyridine rings is 1. The predicted octanol–water partition coefficient (Wildman–Crippen LogP) is 5.89. The number of nitrogens with zero attached hydrogens (tertiary/aromatic N) is 4. The number of nitrogens with one attached hydrogen (secondary N) is 3. The molecule has 1 aliphatic heterocycles. The van der Waals surface area contributed by atoms with Gasteiger partial charge in [-0.15, -0.1) is 0 Å². The lowest BCUT2D eigenvalue weighted by Gasteiger charge is -2.24. The minimum absolute atomic E-state index is 0.241. The number of carbonyl (C=O) groups is 1. The molecule has 3 heterocycles. The highest BCUT2D eigenvalue weighted by Gasteiger charge is 2.24. The van der Waals surface area contributed by atoms with Crippen molar-refractivity contribution in [2.75, 3.05) is 46.7 Å². The fourth-order valence-corrected chi connectivity index (χ4v) is 5.41. The third kappa shape index (κ3) is 6.75. The number of aromatic nitrogens is 3. The number of fused-ring (bicyclic) bond motifs is 1. The Balaban J connectivity index is 1.45. The number of benzene rings is 2. The van der Waals surface area contributed by atoms with Crippen molar-refractivity contribution in [2.45, 2.75) is 45.7 Å². The monoisotopic (exact) mass is 605 g/mol. The topological polar surface area (TPSA) is 127 Å². The molecule has 1 saturated heterocycles. The molecule has 226 valence electrons. The second-order valence-corrected chi connectivity index (χ2v) is 12.7. The van der Waals surface area contributed by atoms with Gasteiger partial charge in [0.1, 0.15) is 35.8 Å². The lowest BCUT2D eigenvalue weighted by Crippen LogP contribution is -2.21. The molecule has 2 aromatic heterocycles. The number of hydrogen-bond acceptors (Lipinski definition) is 9. The van der Waals surface area contributed by atoms with Crippen LogP contribution < -0.4 is 25.0 Å². The minimum atomic E-state index is -1.35. The van der Waals surface area contributed by atoms with Gasteiger partial charge in [0.15, 0.2) is 11.6 Å². The molecule has 0 radical (unpaired) electrons. The number of carbonyl (C=O) groups excluding carboxylic acids is 1. The number of rotatable bonds is 8. The maximum absolute atomic E-state index is 13.8. The van der Waals surface area contributed by atoms with Crippen molar-refractivity contribution in [3.63, 3.8) is 0 Å². The van der Waals surface area contributed by atoms with Gasteiger partial charge < -0.3 is 24.8 Å². The molecule has 0 bridgehead atoms. The summed E-state index contributed by atoms with van der Waals surface area (Å²) in [4.78, 5) is 29.0. The average molecular weight is 606 g/mol. The normalized spacial score (nSPS) is 15.8. The third-order valence-electron chi connectivity index (χ3n) is 7.34. The Hall–Kier alpha value is -4.16. The Morgan fingerprint density at radius 1 is 1.12 bits per heavy atom. The fraction of sp³-hybridized carbons (Fsp3) is 0.355. The first-order valence-electron chi connectivity index (χ1n) is 14.0. The number of amides is 1. The molecule has 1 aliphatic rings. The van der Waals surface area contributed by atoms with Crippen molar-refractivity contribution in [1.29, 1.82) is 0 Å². The molecular formula is C31H36FN7O3S. The van der Waals surface area contributed by atoms with Crippen molar-refractivity contribution in [3.05, 3.63) is 65.5 Å². The van der Waals surface area contributed by atoms with E-state index < -0.39 is 17.5 Å². The second-order valence-electron chi connectivity index (χ2n) is 11.6. The third-order valence-corrected chi connectivity index (χ3v) is 7.84. The summed E-state index contributed by atoms with van der Waals surface area (Å²) >= 11 is -1.35. The highest BCUT2D eigenvalue weighted by atomic mass is 32.2. The lowest BCUT2D eigenvalue weighted by molar-refractivity contribution is 0.102. The maximum Gasteiger partial charge on any atom is 0.255 e. The molecular weight excluding hydrogens is 569 g/mol. The Morgan fingerprint density at radius 3 is 2.56 bits per heavy atom. The molecule has 2 aromatic carbocycles. The molecule has 1 fully saturated rings. The molecule has 2 atom stereocenters. The summed E-state index contributed by atoms with van der Waals surface area (Å²) in [6, 6.07) is 12.8. The average Bonchev–Trinajstić information content (AvgIpc) is 3.39. The van der Waals surface area contributed by atoms with Crippen LogP contribution in [0.2, 0.25) is 0 Å². The number of aryl methyl sites for hydroxylation is 1. The van der Waals surface area contributed by atoms with Crippen LogP contribution in [0.5, 0.6) is 5.75 Å². The standard InChI is InChI=1S/C31H36FN7O3S/c1-18-7-8-19(30(40)36-24-14-20(31(2,3)4)15-25(28(24)42-5)38-43(6)41)13-23(18)35-29-27-22(33-17-34-29)9-10-26(37-27)39-12-11-21(32)16-39/h7-10,13-15,17,21,38H,11-12,16H2,1-6H3,(H,36,40)(H,33,34,35)/t21-,43?/m1/s1. The number of ether oxygens (including phenoxy) is 1. The van der Waals surface area contributed by atoms with Gasteiger partial charge in [0.05, 0.1) is 36.2 Å². The van der Waals surface area contributed by atoms with Crippen molar-refractivity contribution < 1.29 is 18.5 Å². The summed E-state index contributed by atoms with van der Waals surface area (Å²) in [7, 11) is 1.50. The van der Waals surface area contributed by atoms with E-state index in [0.717, 1.165) is 11.1 Å². The second kappa shape index (κ2) is 12.2. The van der Waals surface area contributed by atoms with E-state index in [2.05, 4.69) is 46.1 Å². The Bertz CT molecular complexity index is 1660. The molecule has 0 aliphatic carbocycles. The van der Waals surface area contributed by atoms with Gasteiger partial charge in [-0.2, -0.15) is 0 Å². The van der Waals surface area contributed by atoms with Gasteiger partial charge in [0.25, 0.3) is 5.91 Å². The first-order valence-corrected chi connectivity index (χ1v) is 15.5. The van der Waals surface area contributed by atoms with Crippen molar-refractivity contribution >= 4 is 57.0 Å². The SMILES string of the molecule is COc1c(NC(=O)c2ccc(C)c(Nc3ncnc4ccc(N5CC[C@@H](F)C5)nc34)c2)cc(C(C)(C)C)cc1N[S+](C)[O-]. The van der Waals surface area contributed by atoms with Gasteiger partial charge in [0, 0.05) is 17.8 Å². The Morgan fingerprint density at radius 2 is 1.88 bits per heavy atom. The highest BCUT2D eigenvalue weighted by molar-refractivity contribution is 7.92. The van der Waals surface area contributed by atoms with E-state index in [9.17, 15) is 13.7 Å². The van der Waals surface area contributed by atoms with Gasteiger partial charge in [-0.3, -0.25) is 4.79 Å². The summed E-state index contributed by atoms with van der Waals surface area (Å²) in [5, 5.41) is 6.31. The largest absolute Gasteiger partial charge is 0.593 e. The first kappa shape index (κ1) is 30.3. The van der Waals surface area contributed by atoms with Crippen LogP contribution in [-0.2, 0) is 16.8 Å². The fourth-order valence-electron chi connectivity index (χ4n) is 4.95. The molecule has 12 heteroatoms. The van der Waals surface area contributed by atoms with Gasteiger partial charge in [-0.1, -0.05) is 26.8 Å². The van der Waals surface area contributed by atoms with Crippen LogP contribution >= 0.6 is 0 Å². The summed E-state index contributed by atoms with van der Waals surface area (Å²) in [6.07, 6.45) is 2.60. The quantitative estimate of drug-likeness (QED) is 0.211. The van der Waals surface area contributed by atoms with Crippen LogP contribution in [0.1, 0.15) is 48.7 Å². The maximum atomic E-state index is 13.8. The van der Waals surface area contributed by atoms with Gasteiger partial charge >= 0.3 is 0 Å². The van der Waals surface area contributed by atoms with Gasteiger partial charge in [-0.25, -0.2) is 24.1 Å². The molecule has 43 heavy (non-hydrogen) atoms. The first-order chi connectivity index (χ1) is 20.4. The van der Waals surface area contributed by atoms with Crippen molar-refractivity contribution in [3.8, 4) is 5.75 Å². The number of anilines is 5. The smallest absolute Gasteiger partial charge is 0.255 e. The van der Waals surface area contributed by atoms with Crippen LogP contribution in [-0.4, -0.2) is 58.0 Å². The van der Waals surface area contributed by atoms with Crippen LogP contribution in [0.15, 0.2) is 48.8 Å². The Kier molecular flexibility index (Phi) is 8.61. The summed E-state index contributed by atoms with van der Waals surface area (Å²) < 4.78 is 34.4. The lowest BCUT2D eigenvalue weighted by atomic mass is 9.86. The van der Waals surface area contributed by atoms with E-state index in [0.29, 0.717) is 70.6 Å². The van der Waals surface area contributed by atoms with Gasteiger partial charge in [0.2, 0.25) is 0 Å². The van der Waals surface area contributed by atoms with Gasteiger partial charge in [-0.05, 0) is 66.3 Å². The van der Waals surface area contributed by atoms with Crippen molar-refractivity contribution in [1.82, 2.24) is 15.0 Å². The van der Waals surface area contributed by atoms with Crippen molar-refractivity contribution in [2.24, 2.45) is 0 Å². The number of methoxy groups -OCH3 is 1. The molecule has 1 unspecified atom stereocenters. The molecule has 3 N–H and O–H groups in total. The predicted molar refractivity (Wildman–Crippen MR) is 171 cm³/mol. The minimum Gasteiger partial charge on any atom is -0.593 e. The van der Waals surface area contributed by atoms with E-state index in [1.54, 1.807) is 12.1 Å². The molecule has 10 nitrogen and oxygen atoms in total. The zero-order chi connectivity index (χ0) is 30.9. The molecule has 0 spiro atoms. The van der Waals surface area contributed by atoms with E-state index in [-0.39, 0.29) is 11.3 Å². The van der Waals surface area contributed by atoms with Crippen LogP contribution in [0.4, 0.5) is 33.1 Å². The number of halogens is 1. The van der Waals surface area contributed by atoms with Crippen LogP contribution in [0.3, 0.4) is 0 Å². The molecule has 0 saturated carbocycles. The zero-order valence-electron chi connectivity index (χ0n) is 25.1.